The minimum absolute atomic E-state index is 0.00796. The van der Waals surface area contributed by atoms with E-state index in [0.717, 1.165) is 6.42 Å². The Bertz CT molecular complexity index is 1180. The zero-order chi connectivity index (χ0) is 23.5. The lowest BCUT2D eigenvalue weighted by atomic mass is 10.1. The van der Waals surface area contributed by atoms with Crippen LogP contribution in [0.15, 0.2) is 42.9 Å². The van der Waals surface area contributed by atoms with Gasteiger partial charge >= 0.3 is 5.97 Å². The van der Waals surface area contributed by atoms with Crippen molar-refractivity contribution in [3.63, 3.8) is 0 Å². The van der Waals surface area contributed by atoms with Gasteiger partial charge in [0.25, 0.3) is 0 Å². The van der Waals surface area contributed by atoms with E-state index in [4.69, 9.17) is 21.3 Å². The van der Waals surface area contributed by atoms with Gasteiger partial charge in [0.05, 0.1) is 29.3 Å². The van der Waals surface area contributed by atoms with Crippen LogP contribution in [0.3, 0.4) is 0 Å². The Kier molecular flexibility index (Phi) is 6.71. The number of hydrogen-bond acceptors (Lipinski definition) is 7. The van der Waals surface area contributed by atoms with Crippen molar-refractivity contribution in [1.29, 1.82) is 0 Å². The van der Waals surface area contributed by atoms with E-state index in [0.29, 0.717) is 41.7 Å². The molecule has 172 valence electrons. The van der Waals surface area contributed by atoms with E-state index < -0.39 is 11.8 Å². The van der Waals surface area contributed by atoms with Crippen LogP contribution in [0.1, 0.15) is 30.6 Å². The summed E-state index contributed by atoms with van der Waals surface area (Å²) in [5.74, 6) is -0.650. The summed E-state index contributed by atoms with van der Waals surface area (Å²) >= 11 is 5.90. The average Bonchev–Trinajstić information content (AvgIpc) is 2.81. The zero-order valence-electron chi connectivity index (χ0n) is 18.1. The smallest absolute Gasteiger partial charge is 0.337 e. The van der Waals surface area contributed by atoms with Crippen molar-refractivity contribution in [1.82, 2.24) is 15.0 Å². The van der Waals surface area contributed by atoms with E-state index in [1.54, 1.807) is 24.5 Å². The highest BCUT2D eigenvalue weighted by Crippen LogP contribution is 2.34. The van der Waals surface area contributed by atoms with Crippen molar-refractivity contribution >= 4 is 35.0 Å². The van der Waals surface area contributed by atoms with Gasteiger partial charge in [0.1, 0.15) is 11.6 Å². The average molecular weight is 472 g/mol. The fourth-order valence-corrected chi connectivity index (χ4v) is 3.89. The molecule has 0 saturated carbocycles. The molecule has 33 heavy (non-hydrogen) atoms. The van der Waals surface area contributed by atoms with Gasteiger partial charge in [-0.15, -0.1) is 0 Å². The van der Waals surface area contributed by atoms with Gasteiger partial charge in [0, 0.05) is 41.9 Å². The minimum atomic E-state index is -1.07. The maximum Gasteiger partial charge on any atom is 0.337 e. The Morgan fingerprint density at radius 1 is 1.33 bits per heavy atom. The summed E-state index contributed by atoms with van der Waals surface area (Å²) in [6.07, 6.45) is 5.34. The van der Waals surface area contributed by atoms with Crippen LogP contribution in [0.2, 0.25) is 5.02 Å². The van der Waals surface area contributed by atoms with Gasteiger partial charge in [-0.1, -0.05) is 18.5 Å². The normalized spacial score (nSPS) is 18.2. The molecule has 0 radical (unpaired) electrons. The number of carboxylic acids is 1. The molecule has 3 aromatic rings. The van der Waals surface area contributed by atoms with Crippen molar-refractivity contribution < 1.29 is 19.0 Å². The van der Waals surface area contributed by atoms with Gasteiger partial charge < -0.3 is 20.1 Å². The first-order chi connectivity index (χ1) is 15.9. The van der Waals surface area contributed by atoms with Crippen LogP contribution in [0.4, 0.5) is 21.8 Å². The van der Waals surface area contributed by atoms with Crippen LogP contribution in [-0.4, -0.2) is 51.3 Å². The largest absolute Gasteiger partial charge is 0.478 e. The van der Waals surface area contributed by atoms with E-state index in [9.17, 15) is 14.3 Å². The summed E-state index contributed by atoms with van der Waals surface area (Å²) < 4.78 is 19.4. The van der Waals surface area contributed by atoms with Gasteiger partial charge in [-0.25, -0.2) is 14.2 Å². The topological polar surface area (TPSA) is 100 Å². The third-order valence-electron chi connectivity index (χ3n) is 5.45. The number of nitrogens with zero attached hydrogens (tertiary/aromatic N) is 4. The molecule has 4 rings (SSSR count). The van der Waals surface area contributed by atoms with Crippen LogP contribution >= 0.6 is 11.6 Å². The minimum Gasteiger partial charge on any atom is -0.478 e. The quantitative estimate of drug-likeness (QED) is 0.530. The van der Waals surface area contributed by atoms with E-state index in [1.165, 1.54) is 18.3 Å². The number of ether oxygens (including phenoxy) is 1. The second-order valence-corrected chi connectivity index (χ2v) is 8.22. The molecule has 1 aromatic carbocycles. The highest BCUT2D eigenvalue weighted by atomic mass is 35.5. The summed E-state index contributed by atoms with van der Waals surface area (Å²) in [5.41, 5.74) is 1.86. The van der Waals surface area contributed by atoms with Crippen molar-refractivity contribution in [3.05, 3.63) is 59.3 Å². The molecule has 1 aliphatic heterocycles. The zero-order valence-corrected chi connectivity index (χ0v) is 18.9. The number of carbonyl (C=O) groups is 1. The molecular weight excluding hydrogens is 449 g/mol. The summed E-state index contributed by atoms with van der Waals surface area (Å²) in [5, 5.41) is 12.4. The Labute approximate surface area is 195 Å². The molecule has 0 spiro atoms. The number of nitrogens with one attached hydrogen (secondary N) is 1. The Balaban J connectivity index is 1.79. The molecule has 0 bridgehead atoms. The highest BCUT2D eigenvalue weighted by molar-refractivity contribution is 6.31. The lowest BCUT2D eigenvalue weighted by Gasteiger charge is -2.40. The van der Waals surface area contributed by atoms with Gasteiger partial charge in [-0.2, -0.15) is 4.98 Å². The predicted molar refractivity (Wildman–Crippen MR) is 124 cm³/mol. The van der Waals surface area contributed by atoms with Crippen LogP contribution in [0.25, 0.3) is 11.1 Å². The fraction of sp³-hybridized carbons (Fsp3) is 0.304. The third kappa shape index (κ3) is 5.04. The van der Waals surface area contributed by atoms with Gasteiger partial charge in [-0.05, 0) is 37.6 Å². The van der Waals surface area contributed by atoms with Crippen molar-refractivity contribution in [2.24, 2.45) is 0 Å². The number of aromatic carboxylic acids is 1. The number of benzene rings is 1. The standard InChI is InChI=1S/C23H23ClFN5O3/c1-3-17-12-33-13(2)11-30(17)21-18(14-6-15(22(31)32)9-26-8-14)10-27-23(29-21)28-16-4-5-20(25)19(24)7-16/h4-10,13,17H,3,11-12H2,1-2H3,(H,31,32)(H,27,28,29). The SMILES string of the molecule is CCC1COC(C)CN1c1nc(Nc2ccc(F)c(Cl)c2)ncc1-c1cncc(C(=O)O)c1. The molecule has 10 heteroatoms. The van der Waals surface area contributed by atoms with Crippen LogP contribution < -0.4 is 10.2 Å². The molecule has 2 N–H and O–H groups in total. The summed E-state index contributed by atoms with van der Waals surface area (Å²) in [6, 6.07) is 5.90. The van der Waals surface area contributed by atoms with E-state index in [1.807, 2.05) is 6.92 Å². The van der Waals surface area contributed by atoms with Gasteiger partial charge in [0.2, 0.25) is 5.95 Å². The number of anilines is 3. The molecular formula is C23H23ClFN5O3. The molecule has 2 aromatic heterocycles. The van der Waals surface area contributed by atoms with Gasteiger partial charge in [-0.3, -0.25) is 4.98 Å². The molecule has 2 atom stereocenters. The second-order valence-electron chi connectivity index (χ2n) is 7.81. The first-order valence-corrected chi connectivity index (χ1v) is 10.9. The van der Waals surface area contributed by atoms with Crippen LogP contribution in [-0.2, 0) is 4.74 Å². The van der Waals surface area contributed by atoms with Crippen molar-refractivity contribution in [2.45, 2.75) is 32.4 Å². The summed E-state index contributed by atoms with van der Waals surface area (Å²) in [4.78, 5) is 26.9. The number of rotatable bonds is 6. The molecule has 1 aliphatic rings. The molecule has 8 nitrogen and oxygen atoms in total. The number of pyridine rings is 1. The van der Waals surface area contributed by atoms with E-state index >= 15 is 0 Å². The maximum absolute atomic E-state index is 13.5. The first-order valence-electron chi connectivity index (χ1n) is 10.5. The Morgan fingerprint density at radius 3 is 2.88 bits per heavy atom. The second kappa shape index (κ2) is 9.68. The first kappa shape index (κ1) is 22.9. The van der Waals surface area contributed by atoms with E-state index in [2.05, 4.69) is 27.1 Å². The van der Waals surface area contributed by atoms with Crippen molar-refractivity contribution in [2.75, 3.05) is 23.4 Å². The maximum atomic E-state index is 13.5. The fourth-order valence-electron chi connectivity index (χ4n) is 3.70. The van der Waals surface area contributed by atoms with Gasteiger partial charge in [0.15, 0.2) is 0 Å². The number of halogens is 2. The monoisotopic (exact) mass is 471 g/mol. The number of hydrogen-bond donors (Lipinski definition) is 2. The van der Waals surface area contributed by atoms with E-state index in [-0.39, 0.29) is 22.7 Å². The van der Waals surface area contributed by atoms with Crippen LogP contribution in [0.5, 0.6) is 0 Å². The molecule has 1 fully saturated rings. The Hall–Kier alpha value is -3.30. The molecule has 3 heterocycles. The highest BCUT2D eigenvalue weighted by Gasteiger charge is 2.29. The lowest BCUT2D eigenvalue weighted by Crippen LogP contribution is -2.49. The van der Waals surface area contributed by atoms with Crippen LogP contribution in [0, 0.1) is 5.82 Å². The van der Waals surface area contributed by atoms with Crippen molar-refractivity contribution in [3.8, 4) is 11.1 Å². The third-order valence-corrected chi connectivity index (χ3v) is 5.74. The predicted octanol–water partition coefficient (Wildman–Crippen LogP) is 4.78. The Morgan fingerprint density at radius 2 is 2.15 bits per heavy atom. The lowest BCUT2D eigenvalue weighted by molar-refractivity contribution is 0.0296. The summed E-state index contributed by atoms with van der Waals surface area (Å²) in [6.45, 7) is 5.22. The summed E-state index contributed by atoms with van der Waals surface area (Å²) in [7, 11) is 0. The number of carboxylic acid groups (broad SMARTS) is 1. The molecule has 2 unspecified atom stereocenters. The number of morpholine rings is 1. The molecule has 0 amide bonds. The molecule has 1 saturated heterocycles. The molecule has 0 aliphatic carbocycles. The number of aromatic nitrogens is 3.